The molecule has 0 spiro atoms. The van der Waals surface area contributed by atoms with Crippen LogP contribution in [0.15, 0.2) is 4.52 Å². The van der Waals surface area contributed by atoms with Crippen LogP contribution in [0.1, 0.15) is 44.3 Å². The SMILES string of the molecule is CC1(c2nc(CC3CCCO3)no2)CCCN1. The Balaban J connectivity index is 1.69. The predicted molar refractivity (Wildman–Crippen MR) is 61.6 cm³/mol. The van der Waals surface area contributed by atoms with E-state index in [0.717, 1.165) is 50.6 Å². The van der Waals surface area contributed by atoms with Gasteiger partial charge in [0.2, 0.25) is 5.89 Å². The Kier molecular flexibility index (Phi) is 2.88. The van der Waals surface area contributed by atoms with E-state index >= 15 is 0 Å². The first-order valence-corrected chi connectivity index (χ1v) is 6.46. The predicted octanol–water partition coefficient (Wildman–Crippen LogP) is 1.39. The van der Waals surface area contributed by atoms with Crippen molar-refractivity contribution in [3.8, 4) is 0 Å². The normalized spacial score (nSPS) is 33.4. The van der Waals surface area contributed by atoms with Gasteiger partial charge >= 0.3 is 0 Å². The summed E-state index contributed by atoms with van der Waals surface area (Å²) < 4.78 is 11.0. The third kappa shape index (κ3) is 2.21. The van der Waals surface area contributed by atoms with Crippen LogP contribution in [0.2, 0.25) is 0 Å². The smallest absolute Gasteiger partial charge is 0.246 e. The van der Waals surface area contributed by atoms with Gasteiger partial charge in [-0.3, -0.25) is 0 Å². The summed E-state index contributed by atoms with van der Waals surface area (Å²) in [6.07, 6.45) is 5.55. The molecule has 1 aromatic heterocycles. The molecule has 2 aliphatic rings. The fourth-order valence-electron chi connectivity index (χ4n) is 2.65. The van der Waals surface area contributed by atoms with E-state index in [9.17, 15) is 0 Å². The van der Waals surface area contributed by atoms with Crippen molar-refractivity contribution in [2.75, 3.05) is 13.2 Å². The first kappa shape index (κ1) is 11.2. The second kappa shape index (κ2) is 4.38. The molecule has 1 N–H and O–H groups in total. The largest absolute Gasteiger partial charge is 0.378 e. The number of nitrogens with zero attached hydrogens (tertiary/aromatic N) is 2. The Labute approximate surface area is 101 Å². The van der Waals surface area contributed by atoms with Gasteiger partial charge in [0.05, 0.1) is 11.6 Å². The fourth-order valence-corrected chi connectivity index (χ4v) is 2.65. The van der Waals surface area contributed by atoms with Crippen LogP contribution in [-0.4, -0.2) is 29.4 Å². The Hall–Kier alpha value is -0.940. The Morgan fingerprint density at radius 3 is 3.12 bits per heavy atom. The molecule has 0 radical (unpaired) electrons. The molecule has 5 heteroatoms. The van der Waals surface area contributed by atoms with Crippen molar-refractivity contribution < 1.29 is 9.26 Å². The van der Waals surface area contributed by atoms with Crippen LogP contribution in [0, 0.1) is 0 Å². The highest BCUT2D eigenvalue weighted by molar-refractivity contribution is 5.04. The van der Waals surface area contributed by atoms with Gasteiger partial charge in [0, 0.05) is 13.0 Å². The monoisotopic (exact) mass is 237 g/mol. The Morgan fingerprint density at radius 2 is 2.41 bits per heavy atom. The summed E-state index contributed by atoms with van der Waals surface area (Å²) in [5, 5.41) is 7.49. The summed E-state index contributed by atoms with van der Waals surface area (Å²) in [5.41, 5.74) is -0.123. The van der Waals surface area contributed by atoms with E-state index in [2.05, 4.69) is 22.4 Å². The summed E-state index contributed by atoms with van der Waals surface area (Å²) in [6.45, 7) is 4.03. The Morgan fingerprint density at radius 1 is 1.47 bits per heavy atom. The van der Waals surface area contributed by atoms with Gasteiger partial charge in [0.1, 0.15) is 0 Å². The summed E-state index contributed by atoms with van der Waals surface area (Å²) >= 11 is 0. The second-order valence-corrected chi connectivity index (χ2v) is 5.22. The van der Waals surface area contributed by atoms with Gasteiger partial charge in [-0.25, -0.2) is 0 Å². The minimum Gasteiger partial charge on any atom is -0.378 e. The van der Waals surface area contributed by atoms with Gasteiger partial charge in [0.25, 0.3) is 0 Å². The summed E-state index contributed by atoms with van der Waals surface area (Å²) in [4.78, 5) is 4.51. The number of hydrogen-bond acceptors (Lipinski definition) is 5. The molecule has 2 fully saturated rings. The first-order valence-electron chi connectivity index (χ1n) is 6.46. The molecule has 17 heavy (non-hydrogen) atoms. The highest BCUT2D eigenvalue weighted by Crippen LogP contribution is 2.29. The third-order valence-electron chi connectivity index (χ3n) is 3.74. The van der Waals surface area contributed by atoms with E-state index in [1.807, 2.05) is 0 Å². The van der Waals surface area contributed by atoms with Crippen LogP contribution >= 0.6 is 0 Å². The van der Waals surface area contributed by atoms with E-state index in [1.54, 1.807) is 0 Å². The Bertz CT molecular complexity index is 379. The molecule has 2 atom stereocenters. The summed E-state index contributed by atoms with van der Waals surface area (Å²) in [6, 6.07) is 0. The number of aromatic nitrogens is 2. The van der Waals surface area contributed by atoms with Crippen molar-refractivity contribution in [3.05, 3.63) is 11.7 Å². The standard InChI is InChI=1S/C12H19N3O2/c1-12(5-3-6-13-12)11-14-10(15-17-11)8-9-4-2-7-16-9/h9,13H,2-8H2,1H3. The van der Waals surface area contributed by atoms with Crippen molar-refractivity contribution >= 4 is 0 Å². The van der Waals surface area contributed by atoms with Crippen LogP contribution in [0.4, 0.5) is 0 Å². The quantitative estimate of drug-likeness (QED) is 0.860. The van der Waals surface area contributed by atoms with Crippen molar-refractivity contribution in [2.24, 2.45) is 0 Å². The number of rotatable bonds is 3. The minimum absolute atomic E-state index is 0.123. The molecule has 3 rings (SSSR count). The highest BCUT2D eigenvalue weighted by atomic mass is 16.5. The van der Waals surface area contributed by atoms with Crippen LogP contribution in [0.5, 0.6) is 0 Å². The molecule has 2 unspecified atom stereocenters. The maximum Gasteiger partial charge on any atom is 0.246 e. The zero-order valence-corrected chi connectivity index (χ0v) is 10.2. The van der Waals surface area contributed by atoms with E-state index in [-0.39, 0.29) is 11.6 Å². The molecule has 2 aliphatic heterocycles. The van der Waals surface area contributed by atoms with Crippen LogP contribution in [-0.2, 0) is 16.7 Å². The van der Waals surface area contributed by atoms with Crippen LogP contribution in [0.25, 0.3) is 0 Å². The summed E-state index contributed by atoms with van der Waals surface area (Å²) in [5.74, 6) is 1.50. The van der Waals surface area contributed by atoms with Crippen LogP contribution < -0.4 is 5.32 Å². The van der Waals surface area contributed by atoms with Crippen LogP contribution in [0.3, 0.4) is 0 Å². The molecule has 5 nitrogen and oxygen atoms in total. The molecule has 3 heterocycles. The summed E-state index contributed by atoms with van der Waals surface area (Å²) in [7, 11) is 0. The molecule has 1 aromatic rings. The van der Waals surface area contributed by atoms with E-state index in [1.165, 1.54) is 6.42 Å². The van der Waals surface area contributed by atoms with Gasteiger partial charge in [-0.2, -0.15) is 4.98 Å². The van der Waals surface area contributed by atoms with Gasteiger partial charge in [-0.05, 0) is 39.2 Å². The second-order valence-electron chi connectivity index (χ2n) is 5.22. The van der Waals surface area contributed by atoms with Gasteiger partial charge in [-0.1, -0.05) is 5.16 Å². The van der Waals surface area contributed by atoms with Crippen molar-refractivity contribution in [1.29, 1.82) is 0 Å². The number of ether oxygens (including phenoxy) is 1. The van der Waals surface area contributed by atoms with Gasteiger partial charge in [0.15, 0.2) is 5.82 Å². The van der Waals surface area contributed by atoms with Gasteiger partial charge < -0.3 is 14.6 Å². The maximum absolute atomic E-state index is 5.58. The van der Waals surface area contributed by atoms with Crippen molar-refractivity contribution in [3.63, 3.8) is 0 Å². The molecule has 0 bridgehead atoms. The van der Waals surface area contributed by atoms with Gasteiger partial charge in [-0.15, -0.1) is 0 Å². The number of nitrogens with one attached hydrogen (secondary N) is 1. The van der Waals surface area contributed by atoms with E-state index in [0.29, 0.717) is 0 Å². The average molecular weight is 237 g/mol. The minimum atomic E-state index is -0.123. The molecule has 0 saturated carbocycles. The molecular formula is C12H19N3O2. The zero-order valence-electron chi connectivity index (χ0n) is 10.2. The zero-order chi connectivity index (χ0) is 11.7. The number of hydrogen-bond donors (Lipinski definition) is 1. The van der Waals surface area contributed by atoms with Crippen molar-refractivity contribution in [1.82, 2.24) is 15.5 Å². The average Bonchev–Trinajstić information content (AvgIpc) is 3.00. The molecule has 0 aromatic carbocycles. The van der Waals surface area contributed by atoms with Crippen molar-refractivity contribution in [2.45, 2.75) is 50.7 Å². The first-order chi connectivity index (χ1) is 8.26. The molecular weight excluding hydrogens is 218 g/mol. The lowest BCUT2D eigenvalue weighted by Gasteiger charge is -2.18. The lowest BCUT2D eigenvalue weighted by atomic mass is 10.0. The lowest BCUT2D eigenvalue weighted by Crippen LogP contribution is -2.33. The molecule has 94 valence electrons. The van der Waals surface area contributed by atoms with E-state index in [4.69, 9.17) is 9.26 Å². The maximum atomic E-state index is 5.58. The molecule has 0 aliphatic carbocycles. The fraction of sp³-hybridized carbons (Fsp3) is 0.833. The lowest BCUT2D eigenvalue weighted by molar-refractivity contribution is 0.109. The topological polar surface area (TPSA) is 60.2 Å². The third-order valence-corrected chi connectivity index (χ3v) is 3.74. The highest BCUT2D eigenvalue weighted by Gasteiger charge is 2.35. The van der Waals surface area contributed by atoms with E-state index < -0.39 is 0 Å². The molecule has 2 saturated heterocycles. The molecule has 0 amide bonds.